The van der Waals surface area contributed by atoms with Gasteiger partial charge in [-0.15, -0.1) is 5.06 Å². The Kier molecular flexibility index (Phi) is 11.2. The van der Waals surface area contributed by atoms with Gasteiger partial charge in [0.15, 0.2) is 6.10 Å². The van der Waals surface area contributed by atoms with Crippen LogP contribution in [-0.2, 0) is 19.1 Å². The van der Waals surface area contributed by atoms with Crippen LogP contribution in [0.1, 0.15) is 81.9 Å². The molecule has 0 radical (unpaired) electrons. The van der Waals surface area contributed by atoms with Crippen LogP contribution in [0.4, 0.5) is 4.79 Å². The molecule has 0 unspecified atom stereocenters. The summed E-state index contributed by atoms with van der Waals surface area (Å²) in [5.41, 5.74) is 1.52. The summed E-state index contributed by atoms with van der Waals surface area (Å²) in [6.45, 7) is 5.97. The standard InChI is InChI=1S/C41H41N3O9/c1-41(2,3)52-40(49)43-24-22-30(23-25-43)42-36(45)29-18-20-31(21-19-29)50-26-34(53-44-37(46)32-16-10-11-17-33(32)38(44)47)39(48)51-35(27-12-6-4-7-13-27)28-14-8-5-9-15-28/h4-21,30,34-35H,22-26H2,1-3H3,(H,42,45)/t34-/m0/s1. The van der Waals surface area contributed by atoms with Crippen molar-refractivity contribution in [2.45, 2.75) is 57.5 Å². The minimum absolute atomic E-state index is 0.112. The van der Waals surface area contributed by atoms with E-state index in [1.807, 2.05) is 81.4 Å². The van der Waals surface area contributed by atoms with Gasteiger partial charge in [-0.25, -0.2) is 14.4 Å². The van der Waals surface area contributed by atoms with E-state index in [9.17, 15) is 24.0 Å². The molecule has 4 aromatic rings. The van der Waals surface area contributed by atoms with Crippen molar-refractivity contribution < 1.29 is 43.0 Å². The second-order valence-electron chi connectivity index (χ2n) is 13.7. The largest absolute Gasteiger partial charge is 0.490 e. The molecule has 274 valence electrons. The predicted molar refractivity (Wildman–Crippen MR) is 193 cm³/mol. The van der Waals surface area contributed by atoms with Crippen LogP contribution in [0.2, 0.25) is 0 Å². The highest BCUT2D eigenvalue weighted by molar-refractivity contribution is 6.20. The van der Waals surface area contributed by atoms with Gasteiger partial charge in [-0.05, 0) is 81.1 Å². The molecule has 4 aromatic carbocycles. The fourth-order valence-electron chi connectivity index (χ4n) is 5.98. The first-order chi connectivity index (χ1) is 25.5. The van der Waals surface area contributed by atoms with Crippen LogP contribution in [0, 0.1) is 0 Å². The molecule has 4 amide bonds. The second kappa shape index (κ2) is 16.1. The minimum atomic E-state index is -1.54. The number of nitrogens with one attached hydrogen (secondary N) is 1. The first-order valence-electron chi connectivity index (χ1n) is 17.4. The van der Waals surface area contributed by atoms with Crippen LogP contribution in [0.5, 0.6) is 5.75 Å². The van der Waals surface area contributed by atoms with E-state index >= 15 is 0 Å². The molecular formula is C41H41N3O9. The van der Waals surface area contributed by atoms with Crippen molar-refractivity contribution in [2.24, 2.45) is 0 Å². The number of carbonyl (C=O) groups is 5. The van der Waals surface area contributed by atoms with Gasteiger partial charge in [0.1, 0.15) is 18.0 Å². The van der Waals surface area contributed by atoms with Gasteiger partial charge in [0.25, 0.3) is 17.7 Å². The van der Waals surface area contributed by atoms with E-state index in [-0.39, 0.29) is 29.2 Å². The van der Waals surface area contributed by atoms with E-state index in [0.717, 1.165) is 0 Å². The number of hydrogen-bond donors (Lipinski definition) is 1. The van der Waals surface area contributed by atoms with Crippen LogP contribution in [0.3, 0.4) is 0 Å². The van der Waals surface area contributed by atoms with Gasteiger partial charge >= 0.3 is 12.1 Å². The third kappa shape index (κ3) is 9.08. The van der Waals surface area contributed by atoms with Crippen LogP contribution in [-0.4, -0.2) is 77.2 Å². The van der Waals surface area contributed by atoms with E-state index in [4.69, 9.17) is 19.0 Å². The highest BCUT2D eigenvalue weighted by Gasteiger charge is 2.41. The molecule has 12 nitrogen and oxygen atoms in total. The van der Waals surface area contributed by atoms with Gasteiger partial charge in [0, 0.05) is 24.7 Å². The molecule has 0 aromatic heterocycles. The molecule has 1 fully saturated rings. The van der Waals surface area contributed by atoms with Gasteiger partial charge in [-0.1, -0.05) is 72.8 Å². The number of benzene rings is 4. The summed E-state index contributed by atoms with van der Waals surface area (Å²) in [7, 11) is 0. The monoisotopic (exact) mass is 719 g/mol. The lowest BCUT2D eigenvalue weighted by atomic mass is 10.0. The van der Waals surface area contributed by atoms with Crippen molar-refractivity contribution in [3.05, 3.63) is 137 Å². The van der Waals surface area contributed by atoms with Crippen LogP contribution in [0.15, 0.2) is 109 Å². The summed E-state index contributed by atoms with van der Waals surface area (Å²) < 4.78 is 17.4. The predicted octanol–water partition coefficient (Wildman–Crippen LogP) is 6.12. The number of piperidine rings is 1. The first kappa shape index (κ1) is 36.8. The van der Waals surface area contributed by atoms with E-state index in [0.29, 0.717) is 53.4 Å². The fraction of sp³-hybridized carbons (Fsp3) is 0.293. The first-order valence-corrected chi connectivity index (χ1v) is 17.4. The summed E-state index contributed by atoms with van der Waals surface area (Å²) in [6.07, 6.45) is -1.55. The van der Waals surface area contributed by atoms with Crippen LogP contribution < -0.4 is 10.1 Å². The molecule has 0 spiro atoms. The molecule has 1 atom stereocenters. The zero-order valence-electron chi connectivity index (χ0n) is 29.7. The maximum absolute atomic E-state index is 13.9. The zero-order valence-corrected chi connectivity index (χ0v) is 29.7. The topological polar surface area (TPSA) is 141 Å². The van der Waals surface area contributed by atoms with Crippen molar-refractivity contribution in [1.29, 1.82) is 0 Å². The van der Waals surface area contributed by atoms with E-state index < -0.39 is 42.2 Å². The lowest BCUT2D eigenvalue weighted by Crippen LogP contribution is -2.47. The molecule has 0 saturated carbocycles. The molecule has 1 saturated heterocycles. The molecule has 12 heteroatoms. The smallest absolute Gasteiger partial charge is 0.410 e. The lowest BCUT2D eigenvalue weighted by Gasteiger charge is -2.33. The maximum atomic E-state index is 13.9. The van der Waals surface area contributed by atoms with Crippen molar-refractivity contribution in [1.82, 2.24) is 15.3 Å². The summed E-state index contributed by atoms with van der Waals surface area (Å²) in [5.74, 6) is -2.27. The quantitative estimate of drug-likeness (QED) is 0.143. The van der Waals surface area contributed by atoms with E-state index in [1.165, 1.54) is 12.1 Å². The summed E-state index contributed by atoms with van der Waals surface area (Å²) >= 11 is 0. The molecule has 2 aliphatic heterocycles. The number of hydrogen-bond acceptors (Lipinski definition) is 9. The SMILES string of the molecule is CC(C)(C)OC(=O)N1CCC(NC(=O)c2ccc(OC[C@H](ON3C(=O)c4ccccc4C3=O)C(=O)OC(c3ccccc3)c3ccccc3)cc2)CC1. The molecule has 6 rings (SSSR count). The molecule has 0 aliphatic carbocycles. The number of likely N-dealkylation sites (tertiary alicyclic amines) is 1. The molecule has 1 N–H and O–H groups in total. The number of nitrogens with zero attached hydrogens (tertiary/aromatic N) is 2. The van der Waals surface area contributed by atoms with Gasteiger partial charge in [-0.2, -0.15) is 0 Å². The molecule has 0 bridgehead atoms. The van der Waals surface area contributed by atoms with Gasteiger partial charge in [0.2, 0.25) is 6.10 Å². The van der Waals surface area contributed by atoms with Crippen molar-refractivity contribution in [2.75, 3.05) is 19.7 Å². The number of rotatable bonds is 11. The van der Waals surface area contributed by atoms with E-state index in [2.05, 4.69) is 5.32 Å². The average molecular weight is 720 g/mol. The van der Waals surface area contributed by atoms with Crippen LogP contribution in [0.25, 0.3) is 0 Å². The summed E-state index contributed by atoms with van der Waals surface area (Å²) in [5, 5.41) is 3.58. The van der Waals surface area contributed by atoms with Gasteiger partial charge in [0.05, 0.1) is 11.1 Å². The molecule has 2 aliphatic rings. The van der Waals surface area contributed by atoms with E-state index in [1.54, 1.807) is 41.3 Å². The summed E-state index contributed by atoms with van der Waals surface area (Å²) in [4.78, 5) is 73.1. The van der Waals surface area contributed by atoms with Crippen LogP contribution >= 0.6 is 0 Å². The van der Waals surface area contributed by atoms with Crippen molar-refractivity contribution in [3.63, 3.8) is 0 Å². The number of hydroxylamine groups is 2. The Labute approximate surface area is 307 Å². The maximum Gasteiger partial charge on any atom is 0.410 e. The Morgan fingerprint density at radius 2 is 1.28 bits per heavy atom. The fourth-order valence-corrected chi connectivity index (χ4v) is 5.98. The molecule has 53 heavy (non-hydrogen) atoms. The van der Waals surface area contributed by atoms with Crippen molar-refractivity contribution in [3.8, 4) is 5.75 Å². The third-order valence-corrected chi connectivity index (χ3v) is 8.69. The highest BCUT2D eigenvalue weighted by Crippen LogP contribution is 2.29. The zero-order chi connectivity index (χ0) is 37.5. The highest BCUT2D eigenvalue weighted by atomic mass is 16.7. The minimum Gasteiger partial charge on any atom is -0.490 e. The Bertz CT molecular complexity index is 1860. The normalized spacial score (nSPS) is 15.2. The Morgan fingerprint density at radius 3 is 1.81 bits per heavy atom. The Hall–Kier alpha value is -6.01. The summed E-state index contributed by atoms with van der Waals surface area (Å²) in [6, 6.07) is 30.8. The Morgan fingerprint density at radius 1 is 0.755 bits per heavy atom. The Balaban J connectivity index is 1.12. The average Bonchev–Trinajstić information content (AvgIpc) is 3.40. The van der Waals surface area contributed by atoms with Gasteiger partial charge < -0.3 is 24.4 Å². The molecule has 2 heterocycles. The number of ether oxygens (including phenoxy) is 3. The van der Waals surface area contributed by atoms with Crippen molar-refractivity contribution >= 4 is 29.8 Å². The van der Waals surface area contributed by atoms with Gasteiger partial charge in [-0.3, -0.25) is 14.4 Å². The lowest BCUT2D eigenvalue weighted by molar-refractivity contribution is -0.187. The second-order valence-corrected chi connectivity index (χ2v) is 13.7. The number of fused-ring (bicyclic) bond motifs is 1. The third-order valence-electron chi connectivity index (χ3n) is 8.69. The number of amides is 4. The number of imide groups is 1. The molecular weight excluding hydrogens is 678 g/mol. The number of esters is 1. The number of carbonyl (C=O) groups excluding carboxylic acids is 5.